The van der Waals surface area contributed by atoms with Gasteiger partial charge in [0.25, 0.3) is 5.91 Å². The number of nitrogens with zero attached hydrogens (tertiary/aromatic N) is 3. The van der Waals surface area contributed by atoms with Crippen LogP contribution in [0.2, 0.25) is 0 Å². The van der Waals surface area contributed by atoms with Gasteiger partial charge in [-0.25, -0.2) is 25.4 Å². The maximum absolute atomic E-state index is 13.3. The molecule has 3 unspecified atom stereocenters. The van der Waals surface area contributed by atoms with Gasteiger partial charge in [-0.3, -0.25) is 14.3 Å². The minimum Gasteiger partial charge on any atom is -0.286 e. The molecule has 4 bridgehead atoms. The second kappa shape index (κ2) is 11.3. The highest BCUT2D eigenvalue weighted by Crippen LogP contribution is 2.71. The van der Waals surface area contributed by atoms with Crippen LogP contribution < -0.4 is 0 Å². The van der Waals surface area contributed by atoms with Crippen molar-refractivity contribution in [3.05, 3.63) is 12.2 Å². The number of allylic oxidation sites excluding steroid dienone is 1. The number of amides is 2. The fourth-order valence-electron chi connectivity index (χ4n) is 11.2. The molecule has 2 amide bonds. The average molecular weight is 686 g/mol. The highest BCUT2D eigenvalue weighted by atomic mass is 32.2. The summed E-state index contributed by atoms with van der Waals surface area (Å²) >= 11 is 0. The topological polar surface area (TPSA) is 112 Å². The van der Waals surface area contributed by atoms with E-state index >= 15 is 0 Å². The maximum atomic E-state index is 13.3. The molecule has 12 heteroatoms. The van der Waals surface area contributed by atoms with Crippen molar-refractivity contribution >= 4 is 41.3 Å². The molecule has 4 saturated carbocycles. The van der Waals surface area contributed by atoms with Crippen LogP contribution in [0.4, 0.5) is 0 Å². The molecule has 0 aromatic carbocycles. The van der Waals surface area contributed by atoms with E-state index in [9.17, 15) is 26.4 Å². The standard InChI is InChI=1S/C17H29N2O3PS.C15H23NO3S.CH4/c1-4-11-8-18(23)9-13(11)15(20)19-14-7-12-5-6-17(14,16(12,2)3)10-24(19,21)22;1-4-5-6-13(17)16-12-9-11-7-8-15(12,14(11,2)3)10-20(16,18)19;/h11-14H,4-10,23H2,1-3H3;5-6,11-12H,4,7-10H2,1-3H3;1H4/b;6-5-;/t11-,12?,13+,14+,17+;11?,12-,15-;/m10./s1. The molecule has 3 saturated heterocycles. The molecule has 9 nitrogen and oxygen atoms in total. The van der Waals surface area contributed by atoms with E-state index in [4.69, 9.17) is 0 Å². The lowest BCUT2D eigenvalue weighted by molar-refractivity contribution is -0.134. The van der Waals surface area contributed by atoms with E-state index in [0.717, 1.165) is 57.9 Å². The molecule has 7 fully saturated rings. The van der Waals surface area contributed by atoms with Crippen LogP contribution in [0.15, 0.2) is 12.2 Å². The van der Waals surface area contributed by atoms with Gasteiger partial charge >= 0.3 is 0 Å². The van der Waals surface area contributed by atoms with Crippen molar-refractivity contribution in [3.8, 4) is 0 Å². The first-order chi connectivity index (χ1) is 20.4. The Bertz CT molecular complexity index is 1480. The Morgan fingerprint density at radius 1 is 0.822 bits per heavy atom. The number of sulfonamides is 2. The third kappa shape index (κ3) is 4.77. The van der Waals surface area contributed by atoms with Gasteiger partial charge in [0, 0.05) is 30.0 Å². The van der Waals surface area contributed by atoms with Gasteiger partial charge in [0.2, 0.25) is 26.0 Å². The second-order valence-electron chi connectivity index (χ2n) is 16.0. The SMILES string of the molecule is C.CC/C=C\C(=O)N1[C@H]2CC3CC[C@@]2(CS1(=O)=O)C3(C)C.CC[C@@H]1CN(P)C[C@@H]1C(=O)N1[C@H]2CC3CC[C@@]2(CS1(=O)=O)C3(C)C. The van der Waals surface area contributed by atoms with Crippen molar-refractivity contribution in [2.45, 2.75) is 112 Å². The lowest BCUT2D eigenvalue weighted by atomic mass is 9.69. The lowest BCUT2D eigenvalue weighted by Crippen LogP contribution is -2.47. The number of hydrogen-bond donors (Lipinski definition) is 0. The third-order valence-corrected chi connectivity index (χ3v) is 18.3. The predicted molar refractivity (Wildman–Crippen MR) is 181 cm³/mol. The van der Waals surface area contributed by atoms with E-state index in [1.165, 1.54) is 14.7 Å². The molecule has 7 aliphatic rings. The van der Waals surface area contributed by atoms with Gasteiger partial charge in [-0.2, -0.15) is 0 Å². The Balaban J connectivity index is 0.000000177. The average Bonchev–Trinajstić information content (AvgIpc) is 3.71. The van der Waals surface area contributed by atoms with Crippen molar-refractivity contribution in [2.75, 3.05) is 24.6 Å². The summed E-state index contributed by atoms with van der Waals surface area (Å²) < 4.78 is 55.7. The first-order valence-electron chi connectivity index (χ1n) is 16.7. The monoisotopic (exact) mass is 685 g/mol. The van der Waals surface area contributed by atoms with Crippen molar-refractivity contribution in [1.29, 1.82) is 0 Å². The fraction of sp³-hybridized carbons (Fsp3) is 0.879. The molecule has 4 aliphatic carbocycles. The van der Waals surface area contributed by atoms with Crippen LogP contribution in [-0.4, -0.2) is 78.6 Å². The highest BCUT2D eigenvalue weighted by molar-refractivity contribution is 7.90. The van der Waals surface area contributed by atoms with Gasteiger partial charge in [-0.1, -0.05) is 70.9 Å². The van der Waals surface area contributed by atoms with Crippen molar-refractivity contribution in [1.82, 2.24) is 13.3 Å². The van der Waals surface area contributed by atoms with Crippen LogP contribution in [-0.2, 0) is 29.6 Å². The Morgan fingerprint density at radius 2 is 1.31 bits per heavy atom. The van der Waals surface area contributed by atoms with Gasteiger partial charge < -0.3 is 0 Å². The molecule has 2 spiro atoms. The summed E-state index contributed by atoms with van der Waals surface area (Å²) in [5.74, 6) is 1.03. The van der Waals surface area contributed by atoms with Crippen molar-refractivity contribution < 1.29 is 26.4 Å². The smallest absolute Gasteiger partial charge is 0.259 e. The molecule has 45 heavy (non-hydrogen) atoms. The normalized spacial score (nSPS) is 42.4. The van der Waals surface area contributed by atoms with Crippen LogP contribution in [0.5, 0.6) is 0 Å². The number of carbonyl (C=O) groups excluding carboxylic acids is 2. The van der Waals surface area contributed by atoms with E-state index in [2.05, 4.69) is 48.7 Å². The first-order valence-corrected chi connectivity index (χ1v) is 20.4. The van der Waals surface area contributed by atoms with Crippen LogP contribution in [0.25, 0.3) is 0 Å². The second-order valence-corrected chi connectivity index (χ2v) is 20.5. The van der Waals surface area contributed by atoms with E-state index in [-0.39, 0.29) is 76.3 Å². The molecule has 3 heterocycles. The van der Waals surface area contributed by atoms with Crippen molar-refractivity contribution in [3.63, 3.8) is 0 Å². The zero-order chi connectivity index (χ0) is 32.3. The quantitative estimate of drug-likeness (QED) is 0.301. The Kier molecular flexibility index (Phi) is 8.83. The minimum absolute atomic E-state index is 0. The summed E-state index contributed by atoms with van der Waals surface area (Å²) in [6.07, 6.45) is 10.6. The summed E-state index contributed by atoms with van der Waals surface area (Å²) in [6.45, 7) is 14.4. The number of carbonyl (C=O) groups is 2. The summed E-state index contributed by atoms with van der Waals surface area (Å²) in [4.78, 5) is 25.6. The molecule has 0 aromatic rings. The molecular formula is C33H56N3O6PS2. The third-order valence-electron chi connectivity index (χ3n) is 14.1. The maximum Gasteiger partial charge on any atom is 0.259 e. The first kappa shape index (κ1) is 35.3. The number of fused-ring (bicyclic) bond motifs is 2. The van der Waals surface area contributed by atoms with E-state index in [0.29, 0.717) is 18.4 Å². The minimum atomic E-state index is -3.49. The van der Waals surface area contributed by atoms with Gasteiger partial charge in [-0.15, -0.1) is 0 Å². The van der Waals surface area contributed by atoms with Gasteiger partial charge in [0.15, 0.2) is 0 Å². The van der Waals surface area contributed by atoms with E-state index < -0.39 is 20.0 Å². The van der Waals surface area contributed by atoms with Crippen LogP contribution >= 0.6 is 9.39 Å². The summed E-state index contributed by atoms with van der Waals surface area (Å²) in [6, 6.07) is -0.213. The van der Waals surface area contributed by atoms with Gasteiger partial charge in [-0.05, 0) is 73.5 Å². The fourth-order valence-corrected chi connectivity index (χ4v) is 16.8. The number of hydrogen-bond acceptors (Lipinski definition) is 7. The summed E-state index contributed by atoms with van der Waals surface area (Å²) in [5.41, 5.74) is -0.389. The molecular weight excluding hydrogens is 629 g/mol. The van der Waals surface area contributed by atoms with Crippen LogP contribution in [0.3, 0.4) is 0 Å². The highest BCUT2D eigenvalue weighted by Gasteiger charge is 2.73. The Labute approximate surface area is 274 Å². The summed E-state index contributed by atoms with van der Waals surface area (Å²) in [5, 5.41) is 0. The largest absolute Gasteiger partial charge is 0.286 e. The molecule has 0 radical (unpaired) electrons. The Morgan fingerprint density at radius 3 is 1.78 bits per heavy atom. The molecule has 0 N–H and O–H groups in total. The van der Waals surface area contributed by atoms with Gasteiger partial charge in [0.05, 0.1) is 29.5 Å². The molecule has 7 rings (SSSR count). The van der Waals surface area contributed by atoms with Crippen LogP contribution in [0, 0.1) is 45.3 Å². The molecule has 9 atom stereocenters. The lowest BCUT2D eigenvalue weighted by Gasteiger charge is -2.37. The van der Waals surface area contributed by atoms with Crippen LogP contribution in [0.1, 0.15) is 100 Å². The molecule has 3 aliphatic heterocycles. The molecule has 256 valence electrons. The van der Waals surface area contributed by atoms with Gasteiger partial charge in [0.1, 0.15) is 0 Å². The summed E-state index contributed by atoms with van der Waals surface area (Å²) in [7, 11) is -4.27. The van der Waals surface area contributed by atoms with Crippen molar-refractivity contribution in [2.24, 2.45) is 45.3 Å². The Hall–Kier alpha value is -1.03. The zero-order valence-corrected chi connectivity index (χ0v) is 30.1. The van der Waals surface area contributed by atoms with E-state index in [1.54, 1.807) is 6.08 Å². The molecule has 0 aromatic heterocycles. The zero-order valence-electron chi connectivity index (χ0n) is 27.3. The predicted octanol–water partition coefficient (Wildman–Crippen LogP) is 5.06. The number of rotatable bonds is 4. The van der Waals surface area contributed by atoms with E-state index in [1.807, 2.05) is 6.92 Å².